The van der Waals surface area contributed by atoms with Gasteiger partial charge in [-0.1, -0.05) is 23.8 Å². The maximum Gasteiger partial charge on any atom is 0.225 e. The molecule has 0 amide bonds. The fourth-order valence-electron chi connectivity index (χ4n) is 1.46. The van der Waals surface area contributed by atoms with Crippen molar-refractivity contribution in [2.75, 3.05) is 5.75 Å². The van der Waals surface area contributed by atoms with Crippen LogP contribution in [-0.4, -0.2) is 19.2 Å². The van der Waals surface area contributed by atoms with Gasteiger partial charge in [0.05, 0.1) is 14.6 Å². The van der Waals surface area contributed by atoms with E-state index in [0.717, 1.165) is 5.56 Å². The number of aryl methyl sites for hydroxylation is 1. The molecular formula is C13H13NO2S3. The molecule has 1 aromatic carbocycles. The molecule has 3 nitrogen and oxygen atoms in total. The molecule has 0 unspecified atom stereocenters. The highest BCUT2D eigenvalue weighted by molar-refractivity contribution is 8.02. The topological polar surface area (TPSA) is 47.0 Å². The number of thiazole rings is 1. The molecule has 19 heavy (non-hydrogen) atoms. The zero-order valence-corrected chi connectivity index (χ0v) is 12.8. The fraction of sp³-hybridized carbons (Fsp3) is 0.154. The standard InChI is InChI=1S/C13H13NO2S3/c1-3-8-17-13-12(14-9-18-13)19(15,16)11-6-4-10(2)5-7-11/h3-7,9H,1,8H2,2H3. The van der Waals surface area contributed by atoms with E-state index >= 15 is 0 Å². The van der Waals surface area contributed by atoms with E-state index in [-0.39, 0.29) is 9.92 Å². The van der Waals surface area contributed by atoms with Crippen molar-refractivity contribution in [2.45, 2.75) is 21.1 Å². The van der Waals surface area contributed by atoms with Crippen LogP contribution in [0, 0.1) is 6.92 Å². The first-order valence-corrected chi connectivity index (χ1v) is 8.89. The molecular weight excluding hydrogens is 298 g/mol. The van der Waals surface area contributed by atoms with E-state index in [1.165, 1.54) is 23.1 Å². The number of nitrogens with zero attached hydrogens (tertiary/aromatic N) is 1. The zero-order valence-electron chi connectivity index (χ0n) is 10.4. The van der Waals surface area contributed by atoms with Crippen LogP contribution >= 0.6 is 23.1 Å². The summed E-state index contributed by atoms with van der Waals surface area (Å²) in [5.74, 6) is 0.665. The molecule has 6 heteroatoms. The Morgan fingerprint density at radius 2 is 2.05 bits per heavy atom. The maximum absolute atomic E-state index is 12.5. The second-order valence-corrected chi connectivity index (χ2v) is 7.87. The largest absolute Gasteiger partial charge is 0.232 e. The highest BCUT2D eigenvalue weighted by Crippen LogP contribution is 2.33. The van der Waals surface area contributed by atoms with Gasteiger partial charge in [-0.3, -0.25) is 0 Å². The third-order valence-electron chi connectivity index (χ3n) is 2.42. The van der Waals surface area contributed by atoms with Crippen LogP contribution in [0.25, 0.3) is 0 Å². The number of rotatable bonds is 5. The molecule has 0 aliphatic carbocycles. The lowest BCUT2D eigenvalue weighted by atomic mass is 10.2. The predicted molar refractivity (Wildman–Crippen MR) is 79.7 cm³/mol. The van der Waals surface area contributed by atoms with Gasteiger partial charge in [-0.2, -0.15) is 0 Å². The van der Waals surface area contributed by atoms with Gasteiger partial charge in [-0.15, -0.1) is 29.7 Å². The molecule has 0 fully saturated rings. The van der Waals surface area contributed by atoms with E-state index < -0.39 is 9.84 Å². The van der Waals surface area contributed by atoms with Gasteiger partial charge < -0.3 is 0 Å². The number of sulfone groups is 1. The van der Waals surface area contributed by atoms with Crippen LogP contribution in [0.2, 0.25) is 0 Å². The first kappa shape index (κ1) is 14.3. The summed E-state index contributed by atoms with van der Waals surface area (Å²) >= 11 is 2.78. The molecule has 0 bridgehead atoms. The van der Waals surface area contributed by atoms with Crippen molar-refractivity contribution >= 4 is 32.9 Å². The normalized spacial score (nSPS) is 11.4. The number of hydrogen-bond acceptors (Lipinski definition) is 5. The van der Waals surface area contributed by atoms with Crippen molar-refractivity contribution < 1.29 is 8.42 Å². The molecule has 100 valence electrons. The summed E-state index contributed by atoms with van der Waals surface area (Å²) in [5, 5.41) is 0.146. The molecule has 1 heterocycles. The highest BCUT2D eigenvalue weighted by atomic mass is 32.2. The summed E-state index contributed by atoms with van der Waals surface area (Å²) in [6.07, 6.45) is 1.74. The van der Waals surface area contributed by atoms with Crippen molar-refractivity contribution in [3.05, 3.63) is 48.0 Å². The van der Waals surface area contributed by atoms with Crippen molar-refractivity contribution in [3.63, 3.8) is 0 Å². The van der Waals surface area contributed by atoms with E-state index in [1.54, 1.807) is 35.9 Å². The Bertz CT molecular complexity index is 672. The molecule has 2 rings (SSSR count). The van der Waals surface area contributed by atoms with Crippen molar-refractivity contribution in [3.8, 4) is 0 Å². The molecule has 1 aromatic heterocycles. The minimum atomic E-state index is -3.53. The van der Waals surface area contributed by atoms with Gasteiger partial charge in [-0.25, -0.2) is 13.4 Å². The van der Waals surface area contributed by atoms with E-state index in [9.17, 15) is 8.42 Å². The van der Waals surface area contributed by atoms with Crippen LogP contribution < -0.4 is 0 Å². The lowest BCUT2D eigenvalue weighted by molar-refractivity contribution is 0.591. The lowest BCUT2D eigenvalue weighted by Gasteiger charge is -2.04. The first-order chi connectivity index (χ1) is 9.05. The highest BCUT2D eigenvalue weighted by Gasteiger charge is 2.24. The Hall–Kier alpha value is -1.11. The third kappa shape index (κ3) is 3.08. The molecule has 0 saturated carbocycles. The summed E-state index contributed by atoms with van der Waals surface area (Å²) in [6.45, 7) is 5.56. The number of benzene rings is 1. The molecule has 0 aliphatic heterocycles. The molecule has 0 aliphatic rings. The molecule has 0 saturated heterocycles. The van der Waals surface area contributed by atoms with Gasteiger partial charge in [0.1, 0.15) is 0 Å². The molecule has 0 atom stereocenters. The van der Waals surface area contributed by atoms with Crippen molar-refractivity contribution in [2.24, 2.45) is 0 Å². The summed E-state index contributed by atoms with van der Waals surface area (Å²) in [4.78, 5) is 4.30. The van der Waals surface area contributed by atoms with Gasteiger partial charge in [0.15, 0.2) is 5.03 Å². The SMILES string of the molecule is C=CCSc1scnc1S(=O)(=O)c1ccc(C)cc1. The Morgan fingerprint density at radius 3 is 2.68 bits per heavy atom. The van der Waals surface area contributed by atoms with Gasteiger partial charge in [0.25, 0.3) is 0 Å². The van der Waals surface area contributed by atoms with E-state index in [0.29, 0.717) is 9.96 Å². The Labute approximate surface area is 121 Å². The van der Waals surface area contributed by atoms with Crippen LogP contribution in [0.15, 0.2) is 56.6 Å². The lowest BCUT2D eigenvalue weighted by Crippen LogP contribution is -2.03. The van der Waals surface area contributed by atoms with Gasteiger partial charge in [0, 0.05) is 5.75 Å². The number of thioether (sulfide) groups is 1. The summed E-state index contributed by atoms with van der Waals surface area (Å²) in [6, 6.07) is 6.81. The van der Waals surface area contributed by atoms with Crippen LogP contribution in [0.4, 0.5) is 0 Å². The van der Waals surface area contributed by atoms with Gasteiger partial charge in [0.2, 0.25) is 9.84 Å². The third-order valence-corrected chi connectivity index (χ3v) is 6.51. The summed E-state index contributed by atoms with van der Waals surface area (Å²) in [7, 11) is -3.53. The monoisotopic (exact) mass is 311 g/mol. The minimum Gasteiger partial charge on any atom is -0.232 e. The van der Waals surface area contributed by atoms with Crippen LogP contribution in [0.5, 0.6) is 0 Å². The minimum absolute atomic E-state index is 0.146. The van der Waals surface area contributed by atoms with E-state index in [2.05, 4.69) is 11.6 Å². The molecule has 0 spiro atoms. The zero-order chi connectivity index (χ0) is 13.9. The van der Waals surface area contributed by atoms with E-state index in [4.69, 9.17) is 0 Å². The Morgan fingerprint density at radius 1 is 1.37 bits per heavy atom. The summed E-state index contributed by atoms with van der Waals surface area (Å²) < 4.78 is 25.7. The Balaban J connectivity index is 2.42. The van der Waals surface area contributed by atoms with E-state index in [1.807, 2.05) is 6.92 Å². The van der Waals surface area contributed by atoms with Crippen LogP contribution in [0.1, 0.15) is 5.56 Å². The van der Waals surface area contributed by atoms with Crippen molar-refractivity contribution in [1.82, 2.24) is 4.98 Å². The maximum atomic E-state index is 12.5. The average Bonchev–Trinajstić information content (AvgIpc) is 2.86. The van der Waals surface area contributed by atoms with Gasteiger partial charge in [-0.05, 0) is 19.1 Å². The second kappa shape index (κ2) is 5.90. The first-order valence-electron chi connectivity index (χ1n) is 5.54. The second-order valence-electron chi connectivity index (χ2n) is 3.86. The molecule has 0 N–H and O–H groups in total. The fourth-order valence-corrected chi connectivity index (χ4v) is 5.10. The molecule has 2 aromatic rings. The molecule has 0 radical (unpaired) electrons. The Kier molecular flexibility index (Phi) is 4.44. The summed E-state index contributed by atoms with van der Waals surface area (Å²) in [5.41, 5.74) is 2.59. The quantitative estimate of drug-likeness (QED) is 0.625. The van der Waals surface area contributed by atoms with Crippen LogP contribution in [-0.2, 0) is 9.84 Å². The average molecular weight is 311 g/mol. The smallest absolute Gasteiger partial charge is 0.225 e. The predicted octanol–water partition coefficient (Wildman–Crippen LogP) is 3.56. The van der Waals surface area contributed by atoms with Crippen molar-refractivity contribution in [1.29, 1.82) is 0 Å². The number of aromatic nitrogens is 1. The van der Waals surface area contributed by atoms with Gasteiger partial charge >= 0.3 is 0 Å². The van der Waals surface area contributed by atoms with Crippen LogP contribution in [0.3, 0.4) is 0 Å². The number of hydrogen-bond donors (Lipinski definition) is 0.